The number of hydrogen-bond acceptors (Lipinski definition) is 4. The minimum Gasteiger partial charge on any atom is -0.326 e. The van der Waals surface area contributed by atoms with Gasteiger partial charge in [-0.25, -0.2) is 4.98 Å². The Labute approximate surface area is 153 Å². The first kappa shape index (κ1) is 17.9. The number of aromatic amines is 1. The summed E-state index contributed by atoms with van der Waals surface area (Å²) >= 11 is 0. The molecule has 6 nitrogen and oxygen atoms in total. The number of nitrogens with zero attached hydrogens (tertiary/aromatic N) is 2. The second kappa shape index (κ2) is 7.54. The number of aryl methyl sites for hydroxylation is 1. The van der Waals surface area contributed by atoms with E-state index in [0.717, 1.165) is 29.9 Å². The van der Waals surface area contributed by atoms with Crippen molar-refractivity contribution in [2.45, 2.75) is 51.1 Å². The Morgan fingerprint density at radius 3 is 2.72 bits per heavy atom. The van der Waals surface area contributed by atoms with E-state index in [1.807, 2.05) is 31.2 Å². The number of H-pyrrole nitrogens is 1. The molecule has 3 N–H and O–H groups in total. The molecule has 1 aromatic carbocycles. The Morgan fingerprint density at radius 2 is 2.04 bits per heavy atom. The molecule has 0 radical (unpaired) electrons. The number of fused-ring (bicyclic) bond motifs is 2. The molecule has 1 amide bonds. The highest BCUT2D eigenvalue weighted by molar-refractivity contribution is 5.91. The Morgan fingerprint density at radius 1 is 1.28 bits per heavy atom. The van der Waals surface area contributed by atoms with Crippen LogP contribution in [0.4, 0.5) is 5.69 Å². The lowest BCUT2D eigenvalue weighted by molar-refractivity contribution is -0.117. The van der Waals surface area contributed by atoms with Crippen LogP contribution in [0.3, 0.4) is 0 Å². The lowest BCUT2D eigenvalue weighted by Crippen LogP contribution is -2.39. The number of nitrogens with one attached hydrogen (secondary N) is 3. The van der Waals surface area contributed by atoms with Crippen LogP contribution in [0.25, 0.3) is 11.4 Å². The van der Waals surface area contributed by atoms with Gasteiger partial charge in [-0.05, 0) is 50.7 Å². The zero-order valence-corrected chi connectivity index (χ0v) is 15.1. The van der Waals surface area contributed by atoms with Crippen molar-refractivity contribution in [3.8, 4) is 11.4 Å². The molecule has 2 unspecified atom stereocenters. The molecule has 2 saturated heterocycles. The van der Waals surface area contributed by atoms with Crippen molar-refractivity contribution in [1.82, 2.24) is 20.5 Å². The quantitative estimate of drug-likeness (QED) is 0.781. The molecule has 2 aliphatic rings. The summed E-state index contributed by atoms with van der Waals surface area (Å²) in [5.41, 5.74) is 1.70. The predicted octanol–water partition coefficient (Wildman–Crippen LogP) is 3.06. The summed E-state index contributed by atoms with van der Waals surface area (Å²) in [4.78, 5) is 16.7. The third kappa shape index (κ3) is 4.19. The van der Waals surface area contributed by atoms with Crippen LogP contribution < -0.4 is 10.6 Å². The molecule has 7 heteroatoms. The van der Waals surface area contributed by atoms with Crippen molar-refractivity contribution in [2.24, 2.45) is 5.92 Å². The van der Waals surface area contributed by atoms with Gasteiger partial charge in [0.05, 0.1) is 0 Å². The Bertz CT molecular complexity index is 735. The van der Waals surface area contributed by atoms with Crippen molar-refractivity contribution in [3.05, 3.63) is 30.1 Å². The molecule has 2 fully saturated rings. The van der Waals surface area contributed by atoms with Gasteiger partial charge in [0.15, 0.2) is 5.82 Å². The number of benzene rings is 1. The normalized spacial score (nSPS) is 24.6. The number of amides is 1. The molecule has 4 rings (SSSR count). The minimum absolute atomic E-state index is 0. The van der Waals surface area contributed by atoms with Crippen molar-refractivity contribution in [1.29, 1.82) is 0 Å². The Kier molecular flexibility index (Phi) is 5.39. The van der Waals surface area contributed by atoms with E-state index >= 15 is 0 Å². The summed E-state index contributed by atoms with van der Waals surface area (Å²) in [7, 11) is 0. The third-order valence-corrected chi connectivity index (χ3v) is 5.05. The van der Waals surface area contributed by atoms with Gasteiger partial charge in [0.1, 0.15) is 5.82 Å². The van der Waals surface area contributed by atoms with Crippen molar-refractivity contribution in [2.75, 3.05) is 5.32 Å². The van der Waals surface area contributed by atoms with Crippen LogP contribution in [0.15, 0.2) is 24.3 Å². The van der Waals surface area contributed by atoms with E-state index in [9.17, 15) is 4.79 Å². The van der Waals surface area contributed by atoms with Crippen LogP contribution in [0, 0.1) is 12.8 Å². The molecule has 2 aliphatic heterocycles. The van der Waals surface area contributed by atoms with Gasteiger partial charge in [-0.3, -0.25) is 9.89 Å². The van der Waals surface area contributed by atoms with Crippen LogP contribution in [0.1, 0.15) is 37.9 Å². The van der Waals surface area contributed by atoms with E-state index in [-0.39, 0.29) is 18.3 Å². The van der Waals surface area contributed by atoms with Gasteiger partial charge in [-0.15, -0.1) is 12.4 Å². The van der Waals surface area contributed by atoms with Crippen molar-refractivity contribution >= 4 is 24.0 Å². The first-order chi connectivity index (χ1) is 11.7. The zero-order chi connectivity index (χ0) is 16.5. The molecule has 0 spiro atoms. The first-order valence-electron chi connectivity index (χ1n) is 8.71. The summed E-state index contributed by atoms with van der Waals surface area (Å²) in [5, 5.41) is 13.7. The maximum absolute atomic E-state index is 12.4. The van der Waals surface area contributed by atoms with Crippen LogP contribution in [0.2, 0.25) is 0 Å². The average Bonchev–Trinajstić information content (AvgIpc) is 3.13. The monoisotopic (exact) mass is 361 g/mol. The molecule has 2 atom stereocenters. The molecule has 134 valence electrons. The van der Waals surface area contributed by atoms with E-state index in [4.69, 9.17) is 0 Å². The van der Waals surface area contributed by atoms with E-state index in [0.29, 0.717) is 30.2 Å². The SMILES string of the molecule is Cc1nc(-c2cccc(NC(=O)CC3CC4CCC(C3)N4)c2)n[nH]1.Cl. The van der Waals surface area contributed by atoms with E-state index in [1.54, 1.807) is 0 Å². The highest BCUT2D eigenvalue weighted by Crippen LogP contribution is 2.32. The van der Waals surface area contributed by atoms with Gasteiger partial charge in [-0.2, -0.15) is 5.10 Å². The minimum atomic E-state index is 0. The molecular weight excluding hydrogens is 338 g/mol. The van der Waals surface area contributed by atoms with E-state index < -0.39 is 0 Å². The third-order valence-electron chi connectivity index (χ3n) is 5.05. The predicted molar refractivity (Wildman–Crippen MR) is 99.7 cm³/mol. The molecule has 3 heterocycles. The smallest absolute Gasteiger partial charge is 0.224 e. The van der Waals surface area contributed by atoms with Gasteiger partial charge in [-0.1, -0.05) is 12.1 Å². The summed E-state index contributed by atoms with van der Waals surface area (Å²) in [5.74, 6) is 2.03. The number of hydrogen-bond donors (Lipinski definition) is 3. The maximum Gasteiger partial charge on any atom is 0.224 e. The van der Waals surface area contributed by atoms with Crippen LogP contribution >= 0.6 is 12.4 Å². The molecule has 0 saturated carbocycles. The van der Waals surface area contributed by atoms with Gasteiger partial charge in [0.2, 0.25) is 5.91 Å². The Hall–Kier alpha value is -1.92. The van der Waals surface area contributed by atoms with Gasteiger partial charge in [0, 0.05) is 29.8 Å². The standard InChI is InChI=1S/C18H23N5O.ClH/c1-11-19-18(23-22-11)13-3-2-4-14(10-13)21-17(24)9-12-7-15-5-6-16(8-12)20-15;/h2-4,10,12,15-16,20H,5-9H2,1H3,(H,21,24)(H,19,22,23);1H. The number of piperidine rings is 1. The molecule has 2 bridgehead atoms. The molecular formula is C18H24ClN5O. The van der Waals surface area contributed by atoms with E-state index in [1.165, 1.54) is 12.8 Å². The maximum atomic E-state index is 12.4. The highest BCUT2D eigenvalue weighted by atomic mass is 35.5. The molecule has 25 heavy (non-hydrogen) atoms. The fraction of sp³-hybridized carbons (Fsp3) is 0.500. The van der Waals surface area contributed by atoms with Gasteiger partial charge in [0.25, 0.3) is 0 Å². The molecule has 2 aromatic rings. The van der Waals surface area contributed by atoms with E-state index in [2.05, 4.69) is 25.8 Å². The fourth-order valence-corrected chi connectivity index (χ4v) is 4.02. The summed E-state index contributed by atoms with van der Waals surface area (Å²) in [6.45, 7) is 1.87. The number of halogens is 1. The second-order valence-electron chi connectivity index (χ2n) is 7.05. The Balaban J connectivity index is 0.00000182. The fourth-order valence-electron chi connectivity index (χ4n) is 4.02. The average molecular weight is 362 g/mol. The number of carbonyl (C=O) groups excluding carboxylic acids is 1. The van der Waals surface area contributed by atoms with Crippen LogP contribution in [0.5, 0.6) is 0 Å². The lowest BCUT2D eigenvalue weighted by Gasteiger charge is -2.28. The topological polar surface area (TPSA) is 82.7 Å². The van der Waals surface area contributed by atoms with Gasteiger partial charge < -0.3 is 10.6 Å². The summed E-state index contributed by atoms with van der Waals surface area (Å²) in [6, 6.07) is 8.95. The largest absolute Gasteiger partial charge is 0.326 e. The number of anilines is 1. The van der Waals surface area contributed by atoms with Crippen LogP contribution in [-0.4, -0.2) is 33.2 Å². The summed E-state index contributed by atoms with van der Waals surface area (Å²) in [6.07, 6.45) is 5.39. The zero-order valence-electron chi connectivity index (χ0n) is 14.3. The first-order valence-corrected chi connectivity index (χ1v) is 8.71. The number of rotatable bonds is 4. The number of aromatic nitrogens is 3. The van der Waals surface area contributed by atoms with Crippen molar-refractivity contribution in [3.63, 3.8) is 0 Å². The van der Waals surface area contributed by atoms with Crippen LogP contribution in [-0.2, 0) is 4.79 Å². The lowest BCUT2D eigenvalue weighted by atomic mass is 9.89. The highest BCUT2D eigenvalue weighted by Gasteiger charge is 2.34. The molecule has 0 aliphatic carbocycles. The number of carbonyl (C=O) groups is 1. The molecule has 1 aromatic heterocycles. The van der Waals surface area contributed by atoms with Gasteiger partial charge >= 0.3 is 0 Å². The van der Waals surface area contributed by atoms with Crippen molar-refractivity contribution < 1.29 is 4.79 Å². The second-order valence-corrected chi connectivity index (χ2v) is 7.05. The summed E-state index contributed by atoms with van der Waals surface area (Å²) < 4.78 is 0.